The number of hydrogen-bond donors (Lipinski definition) is 0. The third kappa shape index (κ3) is 3.04. The predicted octanol–water partition coefficient (Wildman–Crippen LogP) is 1.41. The number of hydrogen-bond acceptors (Lipinski definition) is 4. The van der Waals surface area contributed by atoms with Crippen molar-refractivity contribution in [2.75, 3.05) is 32.8 Å². The van der Waals surface area contributed by atoms with Crippen LogP contribution < -0.4 is 0 Å². The van der Waals surface area contributed by atoms with Gasteiger partial charge in [0.15, 0.2) is 0 Å². The highest BCUT2D eigenvalue weighted by Crippen LogP contribution is 2.18. The first-order valence-corrected chi connectivity index (χ1v) is 7.48. The van der Waals surface area contributed by atoms with Crippen LogP contribution in [-0.4, -0.2) is 60.5 Å². The van der Waals surface area contributed by atoms with Gasteiger partial charge in [0.2, 0.25) is 0 Å². The Morgan fingerprint density at radius 1 is 1.24 bits per heavy atom. The van der Waals surface area contributed by atoms with E-state index >= 15 is 0 Å². The number of esters is 1. The van der Waals surface area contributed by atoms with Crippen molar-refractivity contribution in [3.05, 3.63) is 34.9 Å². The van der Waals surface area contributed by atoms with Gasteiger partial charge in [-0.25, -0.2) is 0 Å². The lowest BCUT2D eigenvalue weighted by Gasteiger charge is -2.36. The van der Waals surface area contributed by atoms with Gasteiger partial charge in [0.1, 0.15) is 6.04 Å². The SMILES string of the molecule is O=C1OCC[C@H]1N1CCN(C(=O)c2cccc(Cl)c2)CC1. The Hall–Kier alpha value is -1.59. The molecule has 112 valence electrons. The Morgan fingerprint density at radius 3 is 2.62 bits per heavy atom. The number of rotatable bonds is 2. The average molecular weight is 309 g/mol. The van der Waals surface area contributed by atoms with Crippen molar-refractivity contribution in [2.45, 2.75) is 12.5 Å². The zero-order valence-electron chi connectivity index (χ0n) is 11.6. The van der Waals surface area contributed by atoms with E-state index in [1.54, 1.807) is 24.3 Å². The summed E-state index contributed by atoms with van der Waals surface area (Å²) < 4.78 is 5.00. The molecule has 0 bridgehead atoms. The van der Waals surface area contributed by atoms with Gasteiger partial charge in [-0.05, 0) is 18.2 Å². The van der Waals surface area contributed by atoms with Crippen LogP contribution in [-0.2, 0) is 9.53 Å². The Bertz CT molecular complexity index is 556. The molecule has 2 heterocycles. The molecular weight excluding hydrogens is 292 g/mol. The van der Waals surface area contributed by atoms with E-state index in [0.717, 1.165) is 6.42 Å². The largest absolute Gasteiger partial charge is 0.464 e. The summed E-state index contributed by atoms with van der Waals surface area (Å²) in [7, 11) is 0. The number of nitrogens with zero attached hydrogens (tertiary/aromatic N) is 2. The van der Waals surface area contributed by atoms with Crippen LogP contribution in [0.5, 0.6) is 0 Å². The average Bonchev–Trinajstić information content (AvgIpc) is 2.93. The predicted molar refractivity (Wildman–Crippen MR) is 78.3 cm³/mol. The second-order valence-electron chi connectivity index (χ2n) is 5.31. The van der Waals surface area contributed by atoms with Gasteiger partial charge in [-0.1, -0.05) is 17.7 Å². The molecule has 1 amide bonds. The Morgan fingerprint density at radius 2 is 2.00 bits per heavy atom. The summed E-state index contributed by atoms with van der Waals surface area (Å²) >= 11 is 5.92. The maximum atomic E-state index is 12.4. The van der Waals surface area contributed by atoms with Crippen molar-refractivity contribution in [1.29, 1.82) is 0 Å². The molecule has 5 nitrogen and oxygen atoms in total. The molecule has 0 unspecified atom stereocenters. The second kappa shape index (κ2) is 6.03. The Balaban J connectivity index is 1.60. The lowest BCUT2D eigenvalue weighted by Crippen LogP contribution is -2.53. The molecule has 2 fully saturated rings. The molecule has 1 atom stereocenters. The number of cyclic esters (lactones) is 1. The van der Waals surface area contributed by atoms with E-state index in [1.165, 1.54) is 0 Å². The van der Waals surface area contributed by atoms with Crippen LogP contribution >= 0.6 is 11.6 Å². The summed E-state index contributed by atoms with van der Waals surface area (Å²) in [5.41, 5.74) is 0.608. The van der Waals surface area contributed by atoms with E-state index in [4.69, 9.17) is 16.3 Å². The fraction of sp³-hybridized carbons (Fsp3) is 0.467. The van der Waals surface area contributed by atoms with Crippen LogP contribution in [0.25, 0.3) is 0 Å². The van der Waals surface area contributed by atoms with E-state index in [-0.39, 0.29) is 17.9 Å². The smallest absolute Gasteiger partial charge is 0.323 e. The van der Waals surface area contributed by atoms with Gasteiger partial charge >= 0.3 is 5.97 Å². The maximum Gasteiger partial charge on any atom is 0.323 e. The summed E-state index contributed by atoms with van der Waals surface area (Å²) in [6.07, 6.45) is 0.751. The minimum atomic E-state index is -0.135. The van der Waals surface area contributed by atoms with Crippen LogP contribution in [0.2, 0.25) is 5.02 Å². The third-order valence-corrected chi connectivity index (χ3v) is 4.26. The zero-order chi connectivity index (χ0) is 14.8. The van der Waals surface area contributed by atoms with Crippen molar-refractivity contribution >= 4 is 23.5 Å². The Labute approximate surface area is 128 Å². The van der Waals surface area contributed by atoms with Crippen molar-refractivity contribution in [3.63, 3.8) is 0 Å². The summed E-state index contributed by atoms with van der Waals surface area (Å²) in [5, 5.41) is 0.563. The normalized spacial score (nSPS) is 23.2. The molecule has 2 aliphatic rings. The molecule has 0 radical (unpaired) electrons. The van der Waals surface area contributed by atoms with Gasteiger partial charge in [0.05, 0.1) is 6.61 Å². The highest BCUT2D eigenvalue weighted by atomic mass is 35.5. The minimum Gasteiger partial charge on any atom is -0.464 e. The van der Waals surface area contributed by atoms with Gasteiger partial charge in [0.25, 0.3) is 5.91 Å². The number of piperazine rings is 1. The lowest BCUT2D eigenvalue weighted by atomic mass is 10.1. The monoisotopic (exact) mass is 308 g/mol. The topological polar surface area (TPSA) is 49.9 Å². The molecule has 1 aromatic rings. The number of halogens is 1. The zero-order valence-corrected chi connectivity index (χ0v) is 12.4. The summed E-state index contributed by atoms with van der Waals surface area (Å²) in [4.78, 5) is 27.9. The van der Waals surface area contributed by atoms with Crippen molar-refractivity contribution in [1.82, 2.24) is 9.80 Å². The molecule has 0 aromatic heterocycles. The second-order valence-corrected chi connectivity index (χ2v) is 5.75. The standard InChI is InChI=1S/C15H17ClN2O3/c16-12-3-1-2-11(10-12)14(19)18-7-5-17(6-8-18)13-4-9-21-15(13)20/h1-3,10,13H,4-9H2/t13-/m1/s1. The first-order chi connectivity index (χ1) is 10.1. The van der Waals surface area contributed by atoms with E-state index in [2.05, 4.69) is 4.90 Å². The fourth-order valence-electron chi connectivity index (χ4n) is 2.86. The maximum absolute atomic E-state index is 12.4. The fourth-order valence-corrected chi connectivity index (χ4v) is 3.05. The van der Waals surface area contributed by atoms with E-state index in [1.807, 2.05) is 4.90 Å². The molecule has 0 saturated carbocycles. The van der Waals surface area contributed by atoms with Crippen molar-refractivity contribution in [2.24, 2.45) is 0 Å². The third-order valence-electron chi connectivity index (χ3n) is 4.02. The molecular formula is C15H17ClN2O3. The van der Waals surface area contributed by atoms with Gasteiger partial charge < -0.3 is 9.64 Å². The summed E-state index contributed by atoms with van der Waals surface area (Å²) in [6.45, 7) is 3.15. The number of amides is 1. The molecule has 0 N–H and O–H groups in total. The van der Waals surface area contributed by atoms with Gasteiger partial charge in [-0.15, -0.1) is 0 Å². The molecule has 6 heteroatoms. The van der Waals surface area contributed by atoms with Gasteiger partial charge in [0, 0.05) is 43.2 Å². The van der Waals surface area contributed by atoms with Crippen LogP contribution in [0.4, 0.5) is 0 Å². The van der Waals surface area contributed by atoms with Crippen molar-refractivity contribution < 1.29 is 14.3 Å². The number of ether oxygens (including phenoxy) is 1. The van der Waals surface area contributed by atoms with Crippen LogP contribution in [0, 0.1) is 0 Å². The molecule has 1 aromatic carbocycles. The van der Waals surface area contributed by atoms with E-state index < -0.39 is 0 Å². The first-order valence-electron chi connectivity index (χ1n) is 7.11. The van der Waals surface area contributed by atoms with Crippen LogP contribution in [0.3, 0.4) is 0 Å². The molecule has 3 rings (SSSR count). The van der Waals surface area contributed by atoms with Crippen LogP contribution in [0.15, 0.2) is 24.3 Å². The lowest BCUT2D eigenvalue weighted by molar-refractivity contribution is -0.142. The first kappa shape index (κ1) is 14.4. The molecule has 2 saturated heterocycles. The summed E-state index contributed by atoms with van der Waals surface area (Å²) in [5.74, 6) is -0.143. The highest BCUT2D eigenvalue weighted by molar-refractivity contribution is 6.30. The molecule has 0 aliphatic carbocycles. The molecule has 0 spiro atoms. The summed E-state index contributed by atoms with van der Waals surface area (Å²) in [6, 6.07) is 6.86. The molecule has 21 heavy (non-hydrogen) atoms. The van der Waals surface area contributed by atoms with Crippen LogP contribution in [0.1, 0.15) is 16.8 Å². The minimum absolute atomic E-state index is 0.00820. The van der Waals surface area contributed by atoms with E-state index in [9.17, 15) is 9.59 Å². The number of carbonyl (C=O) groups is 2. The highest BCUT2D eigenvalue weighted by Gasteiger charge is 2.34. The number of carbonyl (C=O) groups excluding carboxylic acids is 2. The quantitative estimate of drug-likeness (QED) is 0.775. The van der Waals surface area contributed by atoms with Gasteiger partial charge in [-0.2, -0.15) is 0 Å². The van der Waals surface area contributed by atoms with Crippen molar-refractivity contribution in [3.8, 4) is 0 Å². The number of benzene rings is 1. The van der Waals surface area contributed by atoms with Gasteiger partial charge in [-0.3, -0.25) is 14.5 Å². The molecule has 2 aliphatic heterocycles. The van der Waals surface area contributed by atoms with E-state index in [0.29, 0.717) is 43.4 Å². The Kier molecular flexibility index (Phi) is 4.12.